The highest BCUT2D eigenvalue weighted by atomic mass is 32.1. The van der Waals surface area contributed by atoms with Gasteiger partial charge in [0.1, 0.15) is 5.54 Å². The van der Waals surface area contributed by atoms with Gasteiger partial charge in [-0.15, -0.1) is 11.3 Å². The van der Waals surface area contributed by atoms with Crippen molar-refractivity contribution < 1.29 is 14.4 Å². The number of hydrogen-bond donors (Lipinski definition) is 1. The maximum absolute atomic E-state index is 12.9. The zero-order chi connectivity index (χ0) is 19.1. The smallest absolute Gasteiger partial charge is 0.319 e. The quantitative estimate of drug-likeness (QED) is 0.642. The number of urea groups is 1. The molecule has 26 heavy (non-hydrogen) atoms. The molecule has 1 atom stereocenters. The van der Waals surface area contributed by atoms with E-state index in [1.165, 1.54) is 11.3 Å². The van der Waals surface area contributed by atoms with Crippen LogP contribution in [-0.4, -0.2) is 29.2 Å². The molecule has 136 valence electrons. The highest BCUT2D eigenvalue weighted by Crippen LogP contribution is 2.30. The first-order valence-electron chi connectivity index (χ1n) is 8.56. The van der Waals surface area contributed by atoms with Gasteiger partial charge < -0.3 is 5.32 Å². The Hall–Kier alpha value is -2.47. The molecule has 6 heteroatoms. The van der Waals surface area contributed by atoms with Crippen LogP contribution in [0.5, 0.6) is 0 Å². The van der Waals surface area contributed by atoms with Crippen LogP contribution < -0.4 is 5.32 Å². The topological polar surface area (TPSA) is 66.5 Å². The van der Waals surface area contributed by atoms with Crippen LogP contribution in [0.25, 0.3) is 0 Å². The van der Waals surface area contributed by atoms with Crippen LogP contribution in [0.15, 0.2) is 36.4 Å². The fourth-order valence-corrected chi connectivity index (χ4v) is 3.84. The Morgan fingerprint density at radius 3 is 2.35 bits per heavy atom. The Kier molecular flexibility index (Phi) is 4.71. The van der Waals surface area contributed by atoms with Gasteiger partial charge in [-0.2, -0.15) is 0 Å². The molecule has 1 aliphatic heterocycles. The number of Topliss-reactive ketones (excluding diaryl/α,β-unsaturated/α-hetero) is 1. The number of rotatable bonds is 5. The molecule has 2 aromatic rings. The van der Waals surface area contributed by atoms with Crippen LogP contribution >= 0.6 is 11.3 Å². The molecule has 1 aromatic heterocycles. The van der Waals surface area contributed by atoms with Crippen LogP contribution in [0, 0.1) is 6.92 Å². The third-order valence-corrected chi connectivity index (χ3v) is 5.79. The average molecular weight is 370 g/mol. The third kappa shape index (κ3) is 3.17. The standard InChI is InChI=1S/C20H22N2O3S/c1-12(2)14-6-8-15(9-7-14)20(4)18(24)22(19(25)21-20)11-16(23)17-10-5-13(3)26-17/h5-10,12H,11H2,1-4H3,(H,21,25). The summed E-state index contributed by atoms with van der Waals surface area (Å²) in [4.78, 5) is 40.3. The molecular formula is C20H22N2O3S. The summed E-state index contributed by atoms with van der Waals surface area (Å²) < 4.78 is 0. The first kappa shape index (κ1) is 18.3. The lowest BCUT2D eigenvalue weighted by atomic mass is 9.90. The summed E-state index contributed by atoms with van der Waals surface area (Å²) in [6.07, 6.45) is 0. The SMILES string of the molecule is Cc1ccc(C(=O)CN2C(=O)NC(C)(c3ccc(C(C)C)cc3)C2=O)s1. The number of carbonyl (C=O) groups is 3. The molecule has 0 bridgehead atoms. The van der Waals surface area contributed by atoms with Crippen molar-refractivity contribution in [3.8, 4) is 0 Å². The summed E-state index contributed by atoms with van der Waals surface area (Å²) in [6.45, 7) is 7.53. The highest BCUT2D eigenvalue weighted by molar-refractivity contribution is 7.14. The van der Waals surface area contributed by atoms with E-state index in [9.17, 15) is 14.4 Å². The van der Waals surface area contributed by atoms with Crippen molar-refractivity contribution in [2.24, 2.45) is 0 Å². The molecule has 2 heterocycles. The summed E-state index contributed by atoms with van der Waals surface area (Å²) in [5.74, 6) is -0.249. The van der Waals surface area contributed by atoms with Gasteiger partial charge in [0.05, 0.1) is 11.4 Å². The molecule has 3 amide bonds. The Morgan fingerprint density at radius 2 is 1.81 bits per heavy atom. The van der Waals surface area contributed by atoms with E-state index in [1.54, 1.807) is 13.0 Å². The predicted octanol–water partition coefficient (Wildman–Crippen LogP) is 3.83. The number of carbonyl (C=O) groups excluding carboxylic acids is 3. The number of aryl methyl sites for hydroxylation is 1. The van der Waals surface area contributed by atoms with Gasteiger partial charge in [0.25, 0.3) is 5.91 Å². The summed E-state index contributed by atoms with van der Waals surface area (Å²) >= 11 is 1.36. The second-order valence-corrected chi connectivity index (χ2v) is 8.34. The molecule has 5 nitrogen and oxygen atoms in total. The van der Waals surface area contributed by atoms with Gasteiger partial charge in [-0.3, -0.25) is 14.5 Å². The van der Waals surface area contributed by atoms with E-state index in [1.807, 2.05) is 37.3 Å². The largest absolute Gasteiger partial charge is 0.325 e. The maximum atomic E-state index is 12.9. The Labute approximate surface area is 157 Å². The van der Waals surface area contributed by atoms with Crippen molar-refractivity contribution in [2.75, 3.05) is 6.54 Å². The normalized spacial score (nSPS) is 20.0. The molecule has 1 fully saturated rings. The van der Waals surface area contributed by atoms with E-state index in [0.29, 0.717) is 16.4 Å². The molecule has 0 spiro atoms. The fraction of sp³-hybridized carbons (Fsp3) is 0.350. The maximum Gasteiger partial charge on any atom is 0.325 e. The minimum absolute atomic E-state index is 0.231. The lowest BCUT2D eigenvalue weighted by Gasteiger charge is -2.22. The highest BCUT2D eigenvalue weighted by Gasteiger charge is 2.49. The van der Waals surface area contributed by atoms with Crippen LogP contribution in [-0.2, 0) is 10.3 Å². The molecule has 1 N–H and O–H groups in total. The second-order valence-electron chi connectivity index (χ2n) is 7.06. The molecular weight excluding hydrogens is 348 g/mol. The van der Waals surface area contributed by atoms with Gasteiger partial charge in [0.15, 0.2) is 5.78 Å². The molecule has 1 unspecified atom stereocenters. The average Bonchev–Trinajstić information content (AvgIpc) is 3.13. The number of thiophene rings is 1. The van der Waals surface area contributed by atoms with Crippen molar-refractivity contribution >= 4 is 29.1 Å². The van der Waals surface area contributed by atoms with Gasteiger partial charge in [-0.1, -0.05) is 38.1 Å². The van der Waals surface area contributed by atoms with E-state index in [2.05, 4.69) is 19.2 Å². The van der Waals surface area contributed by atoms with Crippen molar-refractivity contribution in [1.82, 2.24) is 10.2 Å². The number of benzene rings is 1. The first-order valence-corrected chi connectivity index (χ1v) is 9.38. The fourth-order valence-electron chi connectivity index (χ4n) is 3.04. The van der Waals surface area contributed by atoms with Crippen LogP contribution in [0.2, 0.25) is 0 Å². The summed E-state index contributed by atoms with van der Waals surface area (Å²) in [5.41, 5.74) is 0.717. The number of nitrogens with one attached hydrogen (secondary N) is 1. The van der Waals surface area contributed by atoms with E-state index in [0.717, 1.165) is 15.3 Å². The summed E-state index contributed by atoms with van der Waals surface area (Å²) in [5, 5.41) is 2.75. The van der Waals surface area contributed by atoms with Crippen molar-refractivity contribution in [2.45, 2.75) is 39.2 Å². The minimum atomic E-state index is -1.15. The van der Waals surface area contributed by atoms with E-state index < -0.39 is 17.5 Å². The first-order chi connectivity index (χ1) is 12.2. The molecule has 1 aliphatic rings. The van der Waals surface area contributed by atoms with Gasteiger partial charge >= 0.3 is 6.03 Å². The lowest BCUT2D eigenvalue weighted by Crippen LogP contribution is -2.41. The molecule has 0 radical (unpaired) electrons. The predicted molar refractivity (Wildman–Crippen MR) is 102 cm³/mol. The van der Waals surface area contributed by atoms with Crippen molar-refractivity contribution in [3.63, 3.8) is 0 Å². The van der Waals surface area contributed by atoms with Gasteiger partial charge in [0, 0.05) is 4.88 Å². The summed E-state index contributed by atoms with van der Waals surface area (Å²) in [6, 6.07) is 10.7. The van der Waals surface area contributed by atoms with Crippen molar-refractivity contribution in [1.29, 1.82) is 0 Å². The molecule has 3 rings (SSSR count). The number of hydrogen-bond acceptors (Lipinski definition) is 4. The Bertz CT molecular complexity index is 869. The van der Waals surface area contributed by atoms with E-state index >= 15 is 0 Å². The molecule has 0 saturated carbocycles. The summed E-state index contributed by atoms with van der Waals surface area (Å²) in [7, 11) is 0. The Balaban J connectivity index is 1.82. The minimum Gasteiger partial charge on any atom is -0.319 e. The van der Waals surface area contributed by atoms with E-state index in [-0.39, 0.29) is 12.3 Å². The third-order valence-electron chi connectivity index (χ3n) is 4.75. The zero-order valence-electron chi connectivity index (χ0n) is 15.3. The van der Waals surface area contributed by atoms with Crippen molar-refractivity contribution in [3.05, 3.63) is 57.3 Å². The van der Waals surface area contributed by atoms with Gasteiger partial charge in [-0.25, -0.2) is 4.79 Å². The Morgan fingerprint density at radius 1 is 1.15 bits per heavy atom. The zero-order valence-corrected chi connectivity index (χ0v) is 16.1. The van der Waals surface area contributed by atoms with Crippen LogP contribution in [0.1, 0.15) is 52.4 Å². The van der Waals surface area contributed by atoms with Gasteiger partial charge in [0.2, 0.25) is 0 Å². The number of ketones is 1. The number of imide groups is 1. The lowest BCUT2D eigenvalue weighted by molar-refractivity contribution is -0.130. The molecule has 0 aliphatic carbocycles. The molecule has 1 aromatic carbocycles. The monoisotopic (exact) mass is 370 g/mol. The number of amides is 3. The second kappa shape index (κ2) is 6.68. The van der Waals surface area contributed by atoms with Crippen LogP contribution in [0.4, 0.5) is 4.79 Å². The van der Waals surface area contributed by atoms with Crippen LogP contribution in [0.3, 0.4) is 0 Å². The van der Waals surface area contributed by atoms with Gasteiger partial charge in [-0.05, 0) is 43.0 Å². The van der Waals surface area contributed by atoms with E-state index in [4.69, 9.17) is 0 Å². The molecule has 1 saturated heterocycles. The number of nitrogens with zero attached hydrogens (tertiary/aromatic N) is 1.